The number of benzene rings is 1. The third kappa shape index (κ3) is 1.89. The molecule has 0 spiro atoms. The first-order valence-corrected chi connectivity index (χ1v) is 4.25. The number of alkyl halides is 3. The van der Waals surface area contributed by atoms with Gasteiger partial charge in [0.1, 0.15) is 11.6 Å². The zero-order chi connectivity index (χ0) is 11.1. The van der Waals surface area contributed by atoms with E-state index in [0.29, 0.717) is 0 Å². The molecule has 0 heterocycles. The van der Waals surface area contributed by atoms with Crippen LogP contribution < -0.4 is 0 Å². The highest BCUT2D eigenvalue weighted by molar-refractivity contribution is 9.10. The Morgan fingerprint density at radius 3 is 2.14 bits per heavy atom. The highest BCUT2D eigenvalue weighted by Crippen LogP contribution is 2.37. The van der Waals surface area contributed by atoms with E-state index in [1.54, 1.807) is 0 Å². The van der Waals surface area contributed by atoms with Crippen LogP contribution in [0.4, 0.5) is 22.0 Å². The van der Waals surface area contributed by atoms with Crippen molar-refractivity contribution in [2.75, 3.05) is 0 Å². The Morgan fingerprint density at radius 2 is 1.71 bits per heavy atom. The third-order valence-corrected chi connectivity index (χ3v) is 2.47. The molecule has 0 radical (unpaired) electrons. The van der Waals surface area contributed by atoms with Crippen LogP contribution in [0.25, 0.3) is 0 Å². The number of halogens is 6. The van der Waals surface area contributed by atoms with Crippen molar-refractivity contribution in [1.29, 1.82) is 0 Å². The topological polar surface area (TPSA) is 0 Å². The van der Waals surface area contributed by atoms with Gasteiger partial charge in [0.25, 0.3) is 0 Å². The Morgan fingerprint density at radius 1 is 1.21 bits per heavy atom. The van der Waals surface area contributed by atoms with Crippen LogP contribution in [0.3, 0.4) is 0 Å². The van der Waals surface area contributed by atoms with Gasteiger partial charge in [0.2, 0.25) is 0 Å². The lowest BCUT2D eigenvalue weighted by molar-refractivity contribution is -0.138. The zero-order valence-electron chi connectivity index (χ0n) is 6.85. The van der Waals surface area contributed by atoms with E-state index in [0.717, 1.165) is 6.92 Å². The minimum Gasteiger partial charge on any atom is -0.207 e. The molecule has 1 aromatic carbocycles. The van der Waals surface area contributed by atoms with Crippen LogP contribution in [0.15, 0.2) is 10.5 Å². The molecule has 0 nitrogen and oxygen atoms in total. The lowest BCUT2D eigenvalue weighted by Crippen LogP contribution is -2.09. The van der Waals surface area contributed by atoms with E-state index in [1.807, 2.05) is 0 Å². The largest absolute Gasteiger partial charge is 0.417 e. The SMILES string of the molecule is Cc1c(F)cc(C(F)(F)F)c(Br)c1F. The Hall–Kier alpha value is -0.650. The second kappa shape index (κ2) is 3.49. The summed E-state index contributed by atoms with van der Waals surface area (Å²) in [5, 5.41) is 0. The van der Waals surface area contributed by atoms with Crippen molar-refractivity contribution in [3.05, 3.63) is 33.3 Å². The molecule has 0 aromatic heterocycles. The first-order valence-electron chi connectivity index (χ1n) is 3.46. The van der Waals surface area contributed by atoms with E-state index in [2.05, 4.69) is 15.9 Å². The van der Waals surface area contributed by atoms with Crippen molar-refractivity contribution < 1.29 is 22.0 Å². The molecule has 0 amide bonds. The van der Waals surface area contributed by atoms with Gasteiger partial charge in [-0.3, -0.25) is 0 Å². The maximum Gasteiger partial charge on any atom is 0.417 e. The normalized spacial score (nSPS) is 11.9. The monoisotopic (exact) mass is 274 g/mol. The maximum absolute atomic E-state index is 13.0. The van der Waals surface area contributed by atoms with E-state index in [-0.39, 0.29) is 6.07 Å². The van der Waals surface area contributed by atoms with Gasteiger partial charge < -0.3 is 0 Å². The van der Waals surface area contributed by atoms with Crippen LogP contribution in [0, 0.1) is 18.6 Å². The molecule has 0 fully saturated rings. The van der Waals surface area contributed by atoms with Crippen LogP contribution in [0.1, 0.15) is 11.1 Å². The summed E-state index contributed by atoms with van der Waals surface area (Å²) in [6.45, 7) is 1.07. The fourth-order valence-corrected chi connectivity index (χ4v) is 1.53. The molecule has 1 aromatic rings. The van der Waals surface area contributed by atoms with Crippen LogP contribution in [-0.2, 0) is 6.18 Å². The molecule has 0 saturated heterocycles. The molecule has 0 aliphatic carbocycles. The molecule has 0 aliphatic heterocycles. The smallest absolute Gasteiger partial charge is 0.207 e. The van der Waals surface area contributed by atoms with Crippen LogP contribution in [0.5, 0.6) is 0 Å². The fraction of sp³-hybridized carbons (Fsp3) is 0.250. The molecular formula is C8H4BrF5. The average Bonchev–Trinajstić information content (AvgIpc) is 2.06. The average molecular weight is 275 g/mol. The van der Waals surface area contributed by atoms with Crippen molar-refractivity contribution in [3.63, 3.8) is 0 Å². The van der Waals surface area contributed by atoms with Gasteiger partial charge in [0.15, 0.2) is 0 Å². The molecule has 0 aliphatic rings. The Kier molecular flexibility index (Phi) is 2.85. The van der Waals surface area contributed by atoms with Crippen molar-refractivity contribution >= 4 is 15.9 Å². The summed E-state index contributed by atoms with van der Waals surface area (Å²) in [5.74, 6) is -2.43. The van der Waals surface area contributed by atoms with Crippen LogP contribution in [-0.4, -0.2) is 0 Å². The molecule has 0 atom stereocenters. The lowest BCUT2D eigenvalue weighted by Gasteiger charge is -2.11. The van der Waals surface area contributed by atoms with Crippen molar-refractivity contribution in [2.45, 2.75) is 13.1 Å². The molecule has 78 valence electrons. The van der Waals surface area contributed by atoms with Gasteiger partial charge in [-0.2, -0.15) is 13.2 Å². The first-order chi connectivity index (χ1) is 6.25. The van der Waals surface area contributed by atoms with Gasteiger partial charge in [-0.15, -0.1) is 0 Å². The van der Waals surface area contributed by atoms with E-state index < -0.39 is 33.4 Å². The number of rotatable bonds is 0. The van der Waals surface area contributed by atoms with Crippen LogP contribution in [0.2, 0.25) is 0 Å². The summed E-state index contributed by atoms with van der Waals surface area (Å²) in [4.78, 5) is 0. The molecule has 0 bridgehead atoms. The number of hydrogen-bond acceptors (Lipinski definition) is 0. The fourth-order valence-electron chi connectivity index (χ4n) is 0.892. The summed E-state index contributed by atoms with van der Waals surface area (Å²) < 4.78 is 61.6. The highest BCUT2D eigenvalue weighted by atomic mass is 79.9. The first kappa shape index (κ1) is 11.4. The predicted molar refractivity (Wildman–Crippen MR) is 43.8 cm³/mol. The van der Waals surface area contributed by atoms with Gasteiger partial charge in [0, 0.05) is 5.56 Å². The van der Waals surface area contributed by atoms with E-state index in [4.69, 9.17) is 0 Å². The lowest BCUT2D eigenvalue weighted by atomic mass is 10.1. The Labute approximate surface area is 84.9 Å². The van der Waals surface area contributed by atoms with E-state index in [9.17, 15) is 22.0 Å². The molecule has 1 rings (SSSR count). The predicted octanol–water partition coefficient (Wildman–Crippen LogP) is 4.05. The van der Waals surface area contributed by atoms with E-state index >= 15 is 0 Å². The Balaban J connectivity index is 3.49. The molecular weight excluding hydrogens is 271 g/mol. The highest BCUT2D eigenvalue weighted by Gasteiger charge is 2.35. The van der Waals surface area contributed by atoms with Gasteiger partial charge in [-0.05, 0) is 28.9 Å². The summed E-state index contributed by atoms with van der Waals surface area (Å²) in [6.07, 6.45) is -4.77. The van der Waals surface area contributed by atoms with Crippen molar-refractivity contribution in [1.82, 2.24) is 0 Å². The van der Waals surface area contributed by atoms with E-state index in [1.165, 1.54) is 0 Å². The molecule has 0 saturated carbocycles. The minimum absolute atomic E-state index is 0.266. The summed E-state index contributed by atoms with van der Waals surface area (Å²) >= 11 is 2.44. The summed E-state index contributed by atoms with van der Waals surface area (Å²) in [7, 11) is 0. The molecule has 0 N–H and O–H groups in total. The Bertz CT molecular complexity index is 369. The molecule has 6 heteroatoms. The maximum atomic E-state index is 13.0. The van der Waals surface area contributed by atoms with Gasteiger partial charge in [-0.1, -0.05) is 0 Å². The van der Waals surface area contributed by atoms with Crippen molar-refractivity contribution in [3.8, 4) is 0 Å². The van der Waals surface area contributed by atoms with Crippen LogP contribution >= 0.6 is 15.9 Å². The van der Waals surface area contributed by atoms with Crippen molar-refractivity contribution in [2.24, 2.45) is 0 Å². The van der Waals surface area contributed by atoms with Gasteiger partial charge in [-0.25, -0.2) is 8.78 Å². The minimum atomic E-state index is -4.77. The summed E-state index contributed by atoms with van der Waals surface area (Å²) in [5.41, 5.74) is -1.79. The standard InChI is InChI=1S/C8H4BrF5/c1-3-5(10)2-4(8(12,13)14)6(9)7(3)11/h2H,1H3. The number of hydrogen-bond donors (Lipinski definition) is 0. The second-order valence-corrected chi connectivity index (χ2v) is 3.45. The third-order valence-electron chi connectivity index (χ3n) is 1.69. The van der Waals surface area contributed by atoms with Gasteiger partial charge in [0.05, 0.1) is 10.0 Å². The molecule has 14 heavy (non-hydrogen) atoms. The molecule has 0 unspecified atom stereocenters. The second-order valence-electron chi connectivity index (χ2n) is 2.66. The quantitative estimate of drug-likeness (QED) is 0.495. The van der Waals surface area contributed by atoms with Gasteiger partial charge >= 0.3 is 6.18 Å². The summed E-state index contributed by atoms with van der Waals surface area (Å²) in [6, 6.07) is 0.266. The zero-order valence-corrected chi connectivity index (χ0v) is 8.43.